The van der Waals surface area contributed by atoms with Crippen LogP contribution in [0.4, 0.5) is 0 Å². The largest absolute Gasteiger partial charge is 0.459 e. The van der Waals surface area contributed by atoms with Gasteiger partial charge in [0.05, 0.1) is 18.0 Å². The number of furan rings is 1. The maximum atomic E-state index is 12.0. The van der Waals surface area contributed by atoms with Crippen molar-refractivity contribution in [2.45, 2.75) is 19.4 Å². The summed E-state index contributed by atoms with van der Waals surface area (Å²) in [4.78, 5) is 29.6. The summed E-state index contributed by atoms with van der Waals surface area (Å²) in [5, 5.41) is 2.83. The minimum atomic E-state index is -0.292. The van der Waals surface area contributed by atoms with Crippen LogP contribution in [0.15, 0.2) is 33.6 Å². The van der Waals surface area contributed by atoms with E-state index in [1.807, 2.05) is 6.92 Å². The summed E-state index contributed by atoms with van der Waals surface area (Å²) in [5.41, 5.74) is 0.635. The summed E-state index contributed by atoms with van der Waals surface area (Å²) in [6.07, 6.45) is 3.36. The molecule has 1 N–H and O–H groups in total. The average Bonchev–Trinajstić information content (AvgIpc) is 3.10. The second-order valence-electron chi connectivity index (χ2n) is 4.84. The van der Waals surface area contributed by atoms with Gasteiger partial charge >= 0.3 is 0 Å². The van der Waals surface area contributed by atoms with Gasteiger partial charge in [-0.2, -0.15) is 0 Å². The molecule has 0 aliphatic carbocycles. The van der Waals surface area contributed by atoms with Crippen LogP contribution in [0.1, 0.15) is 33.7 Å². The molecule has 0 saturated carbocycles. The second-order valence-corrected chi connectivity index (χ2v) is 4.84. The monoisotopic (exact) mass is 289 g/mol. The van der Waals surface area contributed by atoms with Gasteiger partial charge in [-0.05, 0) is 18.6 Å². The van der Waals surface area contributed by atoms with E-state index in [1.165, 1.54) is 12.7 Å². The molecule has 2 aromatic heterocycles. The number of likely N-dealkylation sites (tertiary alicyclic amines) is 1. The summed E-state index contributed by atoms with van der Waals surface area (Å²) in [7, 11) is 0. The predicted octanol–water partition coefficient (Wildman–Crippen LogP) is 1.08. The van der Waals surface area contributed by atoms with Crippen molar-refractivity contribution >= 4 is 11.8 Å². The van der Waals surface area contributed by atoms with Crippen molar-refractivity contribution in [3.63, 3.8) is 0 Å². The first-order valence-corrected chi connectivity index (χ1v) is 6.75. The molecule has 7 heteroatoms. The molecule has 2 aromatic rings. The van der Waals surface area contributed by atoms with Gasteiger partial charge in [0.2, 0.25) is 5.76 Å². The van der Waals surface area contributed by atoms with Crippen LogP contribution < -0.4 is 5.32 Å². The first kappa shape index (κ1) is 13.4. The molecule has 7 nitrogen and oxygen atoms in total. The molecule has 3 rings (SSSR count). The summed E-state index contributed by atoms with van der Waals surface area (Å²) in [5.74, 6) is 0.0930. The highest BCUT2D eigenvalue weighted by atomic mass is 16.4. The van der Waals surface area contributed by atoms with E-state index < -0.39 is 0 Å². The lowest BCUT2D eigenvalue weighted by molar-refractivity contribution is 0.0509. The molecule has 0 aromatic carbocycles. The summed E-state index contributed by atoms with van der Waals surface area (Å²) in [6, 6.07) is 3.21. The number of aromatic nitrogens is 1. The third kappa shape index (κ3) is 2.54. The van der Waals surface area contributed by atoms with E-state index in [2.05, 4.69) is 10.3 Å². The van der Waals surface area contributed by atoms with Gasteiger partial charge in [0.1, 0.15) is 0 Å². The Morgan fingerprint density at radius 3 is 2.90 bits per heavy atom. The number of hydrogen-bond donors (Lipinski definition) is 1. The maximum Gasteiger partial charge on any atom is 0.289 e. The molecule has 2 amide bonds. The van der Waals surface area contributed by atoms with Gasteiger partial charge in [-0.3, -0.25) is 9.59 Å². The van der Waals surface area contributed by atoms with E-state index in [1.54, 1.807) is 17.0 Å². The van der Waals surface area contributed by atoms with Crippen LogP contribution >= 0.6 is 0 Å². The Bertz CT molecular complexity index is 641. The van der Waals surface area contributed by atoms with Crippen molar-refractivity contribution in [2.75, 3.05) is 13.1 Å². The van der Waals surface area contributed by atoms with Crippen LogP contribution in [0.5, 0.6) is 0 Å². The quantitative estimate of drug-likeness (QED) is 0.910. The number of carbonyl (C=O) groups excluding carboxylic acids is 2. The van der Waals surface area contributed by atoms with E-state index in [4.69, 9.17) is 8.83 Å². The van der Waals surface area contributed by atoms with Crippen molar-refractivity contribution in [3.8, 4) is 0 Å². The van der Waals surface area contributed by atoms with Crippen molar-refractivity contribution in [1.29, 1.82) is 0 Å². The molecule has 1 saturated heterocycles. The van der Waals surface area contributed by atoms with Crippen LogP contribution in [-0.4, -0.2) is 40.8 Å². The fraction of sp³-hybridized carbons (Fsp3) is 0.357. The van der Waals surface area contributed by atoms with Crippen molar-refractivity contribution in [2.24, 2.45) is 0 Å². The Kier molecular flexibility index (Phi) is 3.47. The molecule has 1 fully saturated rings. The Labute approximate surface area is 120 Å². The molecule has 110 valence electrons. The Morgan fingerprint density at radius 2 is 2.24 bits per heavy atom. The molecule has 1 aliphatic rings. The molecule has 21 heavy (non-hydrogen) atoms. The van der Waals surface area contributed by atoms with Crippen molar-refractivity contribution in [1.82, 2.24) is 15.2 Å². The lowest BCUT2D eigenvalue weighted by Gasteiger charge is -2.38. The minimum Gasteiger partial charge on any atom is -0.459 e. The number of oxazole rings is 1. The lowest BCUT2D eigenvalue weighted by Crippen LogP contribution is -2.60. The third-order valence-corrected chi connectivity index (χ3v) is 3.42. The van der Waals surface area contributed by atoms with Crippen LogP contribution in [0.25, 0.3) is 0 Å². The number of nitrogens with one attached hydrogen (secondary N) is 1. The number of nitrogens with zero attached hydrogens (tertiary/aromatic N) is 2. The van der Waals surface area contributed by atoms with Gasteiger partial charge in [-0.25, -0.2) is 4.98 Å². The second kappa shape index (κ2) is 5.43. The van der Waals surface area contributed by atoms with Crippen LogP contribution in [0, 0.1) is 0 Å². The van der Waals surface area contributed by atoms with E-state index >= 15 is 0 Å². The molecule has 0 unspecified atom stereocenters. The van der Waals surface area contributed by atoms with Crippen molar-refractivity contribution in [3.05, 3.63) is 42.0 Å². The highest BCUT2D eigenvalue weighted by molar-refractivity contribution is 5.94. The smallest absolute Gasteiger partial charge is 0.289 e. The Balaban J connectivity index is 1.53. The van der Waals surface area contributed by atoms with E-state index in [9.17, 15) is 9.59 Å². The van der Waals surface area contributed by atoms with Gasteiger partial charge in [0.25, 0.3) is 11.8 Å². The average molecular weight is 289 g/mol. The van der Waals surface area contributed by atoms with E-state index in [0.29, 0.717) is 31.0 Å². The predicted molar refractivity (Wildman–Crippen MR) is 71.7 cm³/mol. The molecule has 0 atom stereocenters. The molecular formula is C14H15N3O4. The standard InChI is InChI=1S/C14H15N3O4/c1-2-10-12(21-8-15-10)13(18)16-9-6-17(7-9)14(19)11-4-3-5-20-11/h3-5,8-9H,2,6-7H2,1H3,(H,16,18). The first-order valence-electron chi connectivity index (χ1n) is 6.75. The summed E-state index contributed by atoms with van der Waals surface area (Å²) < 4.78 is 10.2. The van der Waals surface area contributed by atoms with Crippen LogP contribution in [0.3, 0.4) is 0 Å². The maximum absolute atomic E-state index is 12.0. The lowest BCUT2D eigenvalue weighted by atomic mass is 10.1. The fourth-order valence-electron chi connectivity index (χ4n) is 2.25. The normalized spacial score (nSPS) is 14.8. The molecule has 0 bridgehead atoms. The number of hydrogen-bond acceptors (Lipinski definition) is 5. The third-order valence-electron chi connectivity index (χ3n) is 3.42. The Hall–Kier alpha value is -2.57. The summed E-state index contributed by atoms with van der Waals surface area (Å²) in [6.45, 7) is 2.82. The van der Waals surface area contributed by atoms with Gasteiger partial charge in [0, 0.05) is 13.1 Å². The number of aryl methyl sites for hydroxylation is 1. The topological polar surface area (TPSA) is 88.6 Å². The molecule has 3 heterocycles. The van der Waals surface area contributed by atoms with Crippen LogP contribution in [-0.2, 0) is 6.42 Å². The molecule has 0 radical (unpaired) electrons. The number of rotatable bonds is 4. The minimum absolute atomic E-state index is 0.0776. The van der Waals surface area contributed by atoms with Crippen molar-refractivity contribution < 1.29 is 18.4 Å². The van der Waals surface area contributed by atoms with Crippen LogP contribution in [0.2, 0.25) is 0 Å². The van der Waals surface area contributed by atoms with Gasteiger partial charge in [-0.1, -0.05) is 6.92 Å². The van der Waals surface area contributed by atoms with E-state index in [0.717, 1.165) is 0 Å². The first-order chi connectivity index (χ1) is 10.2. The molecule has 0 spiro atoms. The number of amides is 2. The molecule has 1 aliphatic heterocycles. The van der Waals surface area contributed by atoms with Gasteiger partial charge < -0.3 is 19.1 Å². The molecular weight excluding hydrogens is 274 g/mol. The summed E-state index contributed by atoms with van der Waals surface area (Å²) >= 11 is 0. The highest BCUT2D eigenvalue weighted by Crippen LogP contribution is 2.15. The van der Waals surface area contributed by atoms with Gasteiger partial charge in [0.15, 0.2) is 12.2 Å². The van der Waals surface area contributed by atoms with Gasteiger partial charge in [-0.15, -0.1) is 0 Å². The zero-order valence-corrected chi connectivity index (χ0v) is 11.5. The number of carbonyl (C=O) groups is 2. The van der Waals surface area contributed by atoms with E-state index in [-0.39, 0.29) is 23.6 Å². The SMILES string of the molecule is CCc1ncoc1C(=O)NC1CN(C(=O)c2ccco2)C1. The zero-order valence-electron chi connectivity index (χ0n) is 11.5. The zero-order chi connectivity index (χ0) is 14.8. The Morgan fingerprint density at radius 1 is 1.43 bits per heavy atom. The highest BCUT2D eigenvalue weighted by Gasteiger charge is 2.34. The fourth-order valence-corrected chi connectivity index (χ4v) is 2.25.